The smallest absolute Gasteiger partial charge is 0.0737 e. The predicted molar refractivity (Wildman–Crippen MR) is 73.3 cm³/mol. The molecule has 1 heterocycles. The van der Waals surface area contributed by atoms with E-state index in [-0.39, 0.29) is 0 Å². The van der Waals surface area contributed by atoms with Gasteiger partial charge in [0.1, 0.15) is 0 Å². The maximum absolute atomic E-state index is 5.56. The molecule has 90 valence electrons. The summed E-state index contributed by atoms with van der Waals surface area (Å²) in [6.07, 6.45) is 2.10. The first-order valence-corrected chi connectivity index (χ1v) is 6.19. The molecular weight excluding hydrogens is 208 g/mol. The van der Waals surface area contributed by atoms with E-state index in [0.29, 0.717) is 0 Å². The van der Waals surface area contributed by atoms with E-state index in [1.807, 2.05) is 6.92 Å². The zero-order valence-corrected chi connectivity index (χ0v) is 10.9. The Morgan fingerprint density at radius 3 is 2.53 bits per heavy atom. The molecule has 2 nitrogen and oxygen atoms in total. The zero-order valence-electron chi connectivity index (χ0n) is 10.9. The predicted octanol–water partition coefficient (Wildman–Crippen LogP) is 3.05. The van der Waals surface area contributed by atoms with E-state index in [9.17, 15) is 0 Å². The number of hydrogen-bond donors (Lipinski definition) is 1. The lowest BCUT2D eigenvalue weighted by Gasteiger charge is -2.09. The van der Waals surface area contributed by atoms with Gasteiger partial charge in [0.15, 0.2) is 0 Å². The minimum Gasteiger partial charge on any atom is -0.330 e. The average molecular weight is 228 g/mol. The minimum absolute atomic E-state index is 0.752. The van der Waals surface area contributed by atoms with Crippen LogP contribution >= 0.6 is 0 Å². The van der Waals surface area contributed by atoms with Gasteiger partial charge < -0.3 is 5.73 Å². The van der Waals surface area contributed by atoms with E-state index in [1.54, 1.807) is 0 Å². The summed E-state index contributed by atoms with van der Waals surface area (Å²) in [6, 6.07) is 6.65. The third-order valence-electron chi connectivity index (χ3n) is 3.17. The summed E-state index contributed by atoms with van der Waals surface area (Å²) in [5.74, 6) is 0. The van der Waals surface area contributed by atoms with Crippen LogP contribution < -0.4 is 5.73 Å². The summed E-state index contributed by atoms with van der Waals surface area (Å²) in [4.78, 5) is 4.63. The molecule has 2 N–H and O–H groups in total. The van der Waals surface area contributed by atoms with Crippen LogP contribution in [0.15, 0.2) is 18.2 Å². The number of rotatable bonds is 3. The summed E-state index contributed by atoms with van der Waals surface area (Å²) < 4.78 is 0. The van der Waals surface area contributed by atoms with Gasteiger partial charge in [0.05, 0.1) is 5.52 Å². The number of nitrogens with zero attached hydrogens (tertiary/aromatic N) is 1. The number of aromatic nitrogens is 1. The fourth-order valence-corrected chi connectivity index (χ4v) is 2.35. The monoisotopic (exact) mass is 228 g/mol. The lowest BCUT2D eigenvalue weighted by molar-refractivity contribution is 0.833. The molecule has 0 aliphatic carbocycles. The SMILES string of the molecule is Cc1cc(C)c2cc(CCCN)cc(C)c2n1. The molecule has 2 aromatic rings. The van der Waals surface area contributed by atoms with Crippen molar-refractivity contribution in [1.29, 1.82) is 0 Å². The number of nitrogens with two attached hydrogens (primary N) is 1. The van der Waals surface area contributed by atoms with Gasteiger partial charge in [-0.2, -0.15) is 0 Å². The van der Waals surface area contributed by atoms with Gasteiger partial charge in [-0.3, -0.25) is 4.98 Å². The van der Waals surface area contributed by atoms with Crippen molar-refractivity contribution in [3.8, 4) is 0 Å². The van der Waals surface area contributed by atoms with Crippen LogP contribution in [0.2, 0.25) is 0 Å². The molecule has 0 aliphatic rings. The Morgan fingerprint density at radius 2 is 1.82 bits per heavy atom. The van der Waals surface area contributed by atoms with Crippen LogP contribution in [-0.4, -0.2) is 11.5 Å². The van der Waals surface area contributed by atoms with Crippen LogP contribution in [0.3, 0.4) is 0 Å². The molecule has 0 spiro atoms. The van der Waals surface area contributed by atoms with Gasteiger partial charge in [-0.25, -0.2) is 0 Å². The van der Waals surface area contributed by atoms with E-state index >= 15 is 0 Å². The fourth-order valence-electron chi connectivity index (χ4n) is 2.35. The molecule has 0 radical (unpaired) electrons. The Hall–Kier alpha value is -1.41. The van der Waals surface area contributed by atoms with Crippen LogP contribution in [0.1, 0.15) is 28.8 Å². The van der Waals surface area contributed by atoms with Crippen molar-refractivity contribution in [1.82, 2.24) is 4.98 Å². The normalized spacial score (nSPS) is 11.1. The van der Waals surface area contributed by atoms with Crippen molar-refractivity contribution in [3.05, 3.63) is 40.6 Å². The van der Waals surface area contributed by atoms with Crippen molar-refractivity contribution < 1.29 is 0 Å². The second-order valence-corrected chi connectivity index (χ2v) is 4.78. The number of hydrogen-bond acceptors (Lipinski definition) is 2. The number of benzene rings is 1. The van der Waals surface area contributed by atoms with Crippen molar-refractivity contribution in [2.75, 3.05) is 6.54 Å². The highest BCUT2D eigenvalue weighted by Gasteiger charge is 2.05. The molecule has 0 saturated carbocycles. The summed E-state index contributed by atoms with van der Waals surface area (Å²) in [6.45, 7) is 7.10. The highest BCUT2D eigenvalue weighted by atomic mass is 14.7. The van der Waals surface area contributed by atoms with Gasteiger partial charge in [-0.1, -0.05) is 6.07 Å². The number of aryl methyl sites for hydroxylation is 4. The molecule has 0 aliphatic heterocycles. The summed E-state index contributed by atoms with van der Waals surface area (Å²) in [5, 5.41) is 1.28. The molecule has 1 aromatic heterocycles. The van der Waals surface area contributed by atoms with Gasteiger partial charge in [0, 0.05) is 11.1 Å². The van der Waals surface area contributed by atoms with Crippen molar-refractivity contribution in [2.45, 2.75) is 33.6 Å². The maximum atomic E-state index is 5.56. The molecule has 0 bridgehead atoms. The summed E-state index contributed by atoms with van der Waals surface area (Å²) in [5.41, 5.74) is 11.7. The molecule has 2 heteroatoms. The molecule has 17 heavy (non-hydrogen) atoms. The standard InChI is InChI=1S/C15H20N2/c1-10-7-12(3)17-15-11(2)8-13(5-4-6-16)9-14(10)15/h7-9H,4-6,16H2,1-3H3. The largest absolute Gasteiger partial charge is 0.330 e. The Morgan fingerprint density at radius 1 is 1.06 bits per heavy atom. The van der Waals surface area contributed by atoms with E-state index in [0.717, 1.165) is 30.6 Å². The van der Waals surface area contributed by atoms with Crippen molar-refractivity contribution >= 4 is 10.9 Å². The summed E-state index contributed by atoms with van der Waals surface area (Å²) >= 11 is 0. The minimum atomic E-state index is 0.752. The topological polar surface area (TPSA) is 38.9 Å². The van der Waals surface area contributed by atoms with Gasteiger partial charge in [0.25, 0.3) is 0 Å². The quantitative estimate of drug-likeness (QED) is 0.877. The van der Waals surface area contributed by atoms with Crippen LogP contribution in [0.4, 0.5) is 0 Å². The van der Waals surface area contributed by atoms with Gasteiger partial charge >= 0.3 is 0 Å². The Kier molecular flexibility index (Phi) is 3.43. The number of fused-ring (bicyclic) bond motifs is 1. The second kappa shape index (κ2) is 4.84. The molecule has 0 saturated heterocycles. The lowest BCUT2D eigenvalue weighted by Crippen LogP contribution is -2.01. The van der Waals surface area contributed by atoms with Crippen LogP contribution in [0, 0.1) is 20.8 Å². The van der Waals surface area contributed by atoms with Gasteiger partial charge in [0.2, 0.25) is 0 Å². The zero-order chi connectivity index (χ0) is 12.4. The lowest BCUT2D eigenvalue weighted by atomic mass is 9.99. The summed E-state index contributed by atoms with van der Waals surface area (Å²) in [7, 11) is 0. The molecule has 0 fully saturated rings. The molecule has 1 aromatic carbocycles. The average Bonchev–Trinajstić information content (AvgIpc) is 2.28. The third kappa shape index (κ3) is 2.47. The molecule has 2 rings (SSSR count). The van der Waals surface area contributed by atoms with E-state index in [1.165, 1.54) is 22.1 Å². The van der Waals surface area contributed by atoms with Crippen LogP contribution in [0.5, 0.6) is 0 Å². The van der Waals surface area contributed by atoms with Crippen molar-refractivity contribution in [3.63, 3.8) is 0 Å². The van der Waals surface area contributed by atoms with E-state index in [2.05, 4.69) is 37.0 Å². The van der Waals surface area contributed by atoms with E-state index < -0.39 is 0 Å². The van der Waals surface area contributed by atoms with E-state index in [4.69, 9.17) is 5.73 Å². The second-order valence-electron chi connectivity index (χ2n) is 4.78. The highest BCUT2D eigenvalue weighted by molar-refractivity contribution is 5.85. The molecule has 0 atom stereocenters. The first kappa shape index (κ1) is 12.1. The maximum Gasteiger partial charge on any atom is 0.0737 e. The van der Waals surface area contributed by atoms with Gasteiger partial charge in [-0.05, 0) is 69.0 Å². The molecule has 0 amide bonds. The molecule has 0 unspecified atom stereocenters. The van der Waals surface area contributed by atoms with Crippen LogP contribution in [-0.2, 0) is 6.42 Å². The Balaban J connectivity index is 2.56. The Bertz CT molecular complexity index is 544. The van der Waals surface area contributed by atoms with Gasteiger partial charge in [-0.15, -0.1) is 0 Å². The van der Waals surface area contributed by atoms with Crippen LogP contribution in [0.25, 0.3) is 10.9 Å². The van der Waals surface area contributed by atoms with Crippen molar-refractivity contribution in [2.24, 2.45) is 5.73 Å². The first-order valence-electron chi connectivity index (χ1n) is 6.19. The number of pyridine rings is 1. The fraction of sp³-hybridized carbons (Fsp3) is 0.400. The Labute approximate surface area is 103 Å². The first-order chi connectivity index (χ1) is 8.11. The molecular formula is C15H20N2. The highest BCUT2D eigenvalue weighted by Crippen LogP contribution is 2.23. The third-order valence-corrected chi connectivity index (χ3v) is 3.17.